The van der Waals surface area contributed by atoms with Gasteiger partial charge in [0.25, 0.3) is 5.91 Å². The van der Waals surface area contributed by atoms with Gasteiger partial charge in [-0.1, -0.05) is 48.5 Å². The van der Waals surface area contributed by atoms with Crippen molar-refractivity contribution < 1.29 is 23.9 Å². The van der Waals surface area contributed by atoms with Gasteiger partial charge in [0.05, 0.1) is 18.6 Å². The maximum Gasteiger partial charge on any atom is 0.308 e. The Kier molecular flexibility index (Phi) is 8.33. The van der Waals surface area contributed by atoms with Crippen molar-refractivity contribution in [3.63, 3.8) is 0 Å². The summed E-state index contributed by atoms with van der Waals surface area (Å²) in [6, 6.07) is 19.3. The summed E-state index contributed by atoms with van der Waals surface area (Å²) in [7, 11) is 0. The predicted octanol–water partition coefficient (Wildman–Crippen LogP) is 4.57. The van der Waals surface area contributed by atoms with Crippen molar-refractivity contribution in [2.45, 2.75) is 51.8 Å². The van der Waals surface area contributed by atoms with Crippen LogP contribution in [0.3, 0.4) is 0 Å². The molecule has 2 atom stereocenters. The lowest BCUT2D eigenvalue weighted by Gasteiger charge is -2.19. The molecule has 4 rings (SSSR count). The number of aryl methyl sites for hydroxylation is 1. The third-order valence-corrected chi connectivity index (χ3v) is 6.56. The maximum atomic E-state index is 12.9. The topological polar surface area (TPSA) is 86.6 Å². The Morgan fingerprint density at radius 1 is 1.06 bits per heavy atom. The minimum atomic E-state index is -0.585. The Balaban J connectivity index is 1.38. The van der Waals surface area contributed by atoms with E-state index < -0.39 is 12.0 Å². The number of nitrogens with zero attached hydrogens (tertiary/aromatic N) is 1. The standard InChI is InChI=1S/C29H32N2O5/c1-20-16-25(21(2)31(20)18-24-14-9-15-35-24)27(32)19-36-28(33)17-26(22-10-5-3-6-11-22)30-29(34)23-12-7-4-8-13-23/h3-8,10-13,16,24,26H,9,14-15,17-19H2,1-2H3,(H,30,34). The van der Waals surface area contributed by atoms with Crippen LogP contribution in [0.5, 0.6) is 0 Å². The fourth-order valence-corrected chi connectivity index (χ4v) is 4.57. The number of amides is 1. The minimum Gasteiger partial charge on any atom is -0.457 e. The number of ether oxygens (including phenoxy) is 2. The van der Waals surface area contributed by atoms with Crippen LogP contribution in [0, 0.1) is 13.8 Å². The molecule has 1 N–H and O–H groups in total. The number of esters is 1. The second-order valence-electron chi connectivity index (χ2n) is 9.12. The van der Waals surface area contributed by atoms with Gasteiger partial charge in [0.15, 0.2) is 6.61 Å². The predicted molar refractivity (Wildman–Crippen MR) is 136 cm³/mol. The molecule has 1 saturated heterocycles. The van der Waals surface area contributed by atoms with Crippen LogP contribution in [0.15, 0.2) is 66.7 Å². The fourth-order valence-electron chi connectivity index (χ4n) is 4.57. The molecule has 7 nitrogen and oxygen atoms in total. The molecule has 0 bridgehead atoms. The Morgan fingerprint density at radius 3 is 2.42 bits per heavy atom. The normalized spacial score (nSPS) is 15.9. The quantitative estimate of drug-likeness (QED) is 0.334. The van der Waals surface area contributed by atoms with Crippen molar-refractivity contribution in [1.82, 2.24) is 9.88 Å². The van der Waals surface area contributed by atoms with Gasteiger partial charge in [0.1, 0.15) is 0 Å². The summed E-state index contributed by atoms with van der Waals surface area (Å²) in [5.74, 6) is -1.09. The Bertz CT molecular complexity index is 1200. The number of carbonyl (C=O) groups is 3. The molecule has 1 aliphatic heterocycles. The van der Waals surface area contributed by atoms with Crippen molar-refractivity contribution in [2.24, 2.45) is 0 Å². The van der Waals surface area contributed by atoms with Gasteiger partial charge in [-0.2, -0.15) is 0 Å². The molecule has 1 aromatic heterocycles. The van der Waals surface area contributed by atoms with E-state index in [0.29, 0.717) is 17.7 Å². The van der Waals surface area contributed by atoms with Gasteiger partial charge in [-0.3, -0.25) is 14.4 Å². The molecule has 0 radical (unpaired) electrons. The molecule has 7 heteroatoms. The first-order valence-electron chi connectivity index (χ1n) is 12.3. The smallest absolute Gasteiger partial charge is 0.308 e. The van der Waals surface area contributed by atoms with E-state index in [1.807, 2.05) is 56.3 Å². The van der Waals surface area contributed by atoms with Crippen molar-refractivity contribution in [3.05, 3.63) is 94.8 Å². The van der Waals surface area contributed by atoms with E-state index in [-0.39, 0.29) is 30.8 Å². The Morgan fingerprint density at radius 2 is 1.75 bits per heavy atom. The number of hydrogen-bond donors (Lipinski definition) is 1. The van der Waals surface area contributed by atoms with E-state index in [0.717, 1.165) is 36.4 Å². The highest BCUT2D eigenvalue weighted by atomic mass is 16.5. The van der Waals surface area contributed by atoms with Gasteiger partial charge in [0.2, 0.25) is 5.78 Å². The lowest BCUT2D eigenvalue weighted by atomic mass is 10.0. The highest BCUT2D eigenvalue weighted by Gasteiger charge is 2.23. The summed E-state index contributed by atoms with van der Waals surface area (Å²) in [6.07, 6.45) is 2.15. The van der Waals surface area contributed by atoms with Crippen LogP contribution >= 0.6 is 0 Å². The van der Waals surface area contributed by atoms with Crippen molar-refractivity contribution >= 4 is 17.7 Å². The summed E-state index contributed by atoms with van der Waals surface area (Å²) >= 11 is 0. The van der Waals surface area contributed by atoms with E-state index in [2.05, 4.69) is 9.88 Å². The molecule has 0 spiro atoms. The molecule has 2 unspecified atom stereocenters. The number of benzene rings is 2. The van der Waals surface area contributed by atoms with Crippen LogP contribution in [0.25, 0.3) is 0 Å². The van der Waals surface area contributed by atoms with Gasteiger partial charge in [-0.15, -0.1) is 0 Å². The lowest BCUT2D eigenvalue weighted by Crippen LogP contribution is -2.31. The molecule has 2 heterocycles. The highest BCUT2D eigenvalue weighted by molar-refractivity contribution is 5.99. The third-order valence-electron chi connectivity index (χ3n) is 6.56. The number of aromatic nitrogens is 1. The summed E-state index contributed by atoms with van der Waals surface area (Å²) in [6.45, 7) is 5.01. The average molecular weight is 489 g/mol. The number of rotatable bonds is 10. The monoisotopic (exact) mass is 488 g/mol. The summed E-state index contributed by atoms with van der Waals surface area (Å²) in [5.41, 5.74) is 3.66. The first-order chi connectivity index (χ1) is 17.4. The second-order valence-corrected chi connectivity index (χ2v) is 9.12. The molecule has 0 saturated carbocycles. The van der Waals surface area contributed by atoms with E-state index in [1.54, 1.807) is 24.3 Å². The first kappa shape index (κ1) is 25.4. The van der Waals surface area contributed by atoms with E-state index >= 15 is 0 Å². The van der Waals surface area contributed by atoms with Crippen LogP contribution in [0.2, 0.25) is 0 Å². The zero-order valence-corrected chi connectivity index (χ0v) is 20.7. The van der Waals surface area contributed by atoms with E-state index in [1.165, 1.54) is 0 Å². The van der Waals surface area contributed by atoms with E-state index in [9.17, 15) is 14.4 Å². The summed E-state index contributed by atoms with van der Waals surface area (Å²) in [5, 5.41) is 2.91. The number of hydrogen-bond acceptors (Lipinski definition) is 5. The van der Waals surface area contributed by atoms with Crippen molar-refractivity contribution in [1.29, 1.82) is 0 Å². The van der Waals surface area contributed by atoms with Gasteiger partial charge in [-0.25, -0.2) is 0 Å². The minimum absolute atomic E-state index is 0.0894. The SMILES string of the molecule is Cc1cc(C(=O)COC(=O)CC(NC(=O)c2ccccc2)c2ccccc2)c(C)n1CC1CCCO1. The molecular formula is C29H32N2O5. The molecule has 36 heavy (non-hydrogen) atoms. The number of nitrogens with one attached hydrogen (secondary N) is 1. The average Bonchev–Trinajstić information content (AvgIpc) is 3.52. The zero-order valence-electron chi connectivity index (χ0n) is 20.7. The van der Waals surface area contributed by atoms with Crippen LogP contribution < -0.4 is 5.32 Å². The largest absolute Gasteiger partial charge is 0.457 e. The molecular weight excluding hydrogens is 456 g/mol. The van der Waals surface area contributed by atoms with Crippen LogP contribution in [-0.2, 0) is 20.8 Å². The van der Waals surface area contributed by atoms with Gasteiger partial charge in [-0.05, 0) is 50.5 Å². The van der Waals surface area contributed by atoms with Gasteiger partial charge >= 0.3 is 5.97 Å². The molecule has 1 fully saturated rings. The zero-order chi connectivity index (χ0) is 25.5. The molecule has 188 valence electrons. The summed E-state index contributed by atoms with van der Waals surface area (Å²) in [4.78, 5) is 38.3. The Labute approximate surface area is 211 Å². The van der Waals surface area contributed by atoms with Gasteiger partial charge < -0.3 is 19.4 Å². The van der Waals surface area contributed by atoms with Crippen LogP contribution in [0.1, 0.15) is 63.0 Å². The summed E-state index contributed by atoms with van der Waals surface area (Å²) < 4.78 is 13.2. The van der Waals surface area contributed by atoms with Crippen LogP contribution in [-0.4, -0.2) is 41.5 Å². The molecule has 0 aliphatic carbocycles. The van der Waals surface area contributed by atoms with Crippen LogP contribution in [0.4, 0.5) is 0 Å². The fraction of sp³-hybridized carbons (Fsp3) is 0.345. The second kappa shape index (κ2) is 11.8. The first-order valence-corrected chi connectivity index (χ1v) is 12.3. The molecule has 3 aromatic rings. The third kappa shape index (κ3) is 6.29. The van der Waals surface area contributed by atoms with E-state index in [4.69, 9.17) is 9.47 Å². The number of ketones is 1. The highest BCUT2D eigenvalue weighted by Crippen LogP contribution is 2.22. The number of carbonyl (C=O) groups excluding carboxylic acids is 3. The lowest BCUT2D eigenvalue weighted by molar-refractivity contribution is -0.143. The molecule has 1 amide bonds. The molecule has 2 aromatic carbocycles. The van der Waals surface area contributed by atoms with Crippen molar-refractivity contribution in [2.75, 3.05) is 13.2 Å². The van der Waals surface area contributed by atoms with Crippen molar-refractivity contribution in [3.8, 4) is 0 Å². The number of Topliss-reactive ketones (excluding diaryl/α,β-unsaturated/α-hetero) is 1. The Hall–Kier alpha value is -3.71. The van der Waals surface area contributed by atoms with Gasteiger partial charge in [0, 0.05) is 35.7 Å². The molecule has 1 aliphatic rings. The maximum absolute atomic E-state index is 12.9.